The monoisotopic (exact) mass is 329 g/mol. The van der Waals surface area contributed by atoms with E-state index in [9.17, 15) is 4.79 Å². The average Bonchev–Trinajstić information content (AvgIpc) is 3.09. The summed E-state index contributed by atoms with van der Waals surface area (Å²) in [5.41, 5.74) is 2.13. The van der Waals surface area contributed by atoms with Crippen molar-refractivity contribution < 1.29 is 14.6 Å². The first-order chi connectivity index (χ1) is 11.8. The molecule has 0 unspecified atom stereocenters. The van der Waals surface area contributed by atoms with Crippen LogP contribution in [-0.4, -0.2) is 45.6 Å². The molecule has 2 aromatic rings. The van der Waals surface area contributed by atoms with E-state index in [1.54, 1.807) is 11.1 Å². The zero-order chi connectivity index (χ0) is 16.8. The molecule has 1 aliphatic heterocycles. The topological polar surface area (TPSA) is 67.6 Å². The Labute approximate surface area is 141 Å². The van der Waals surface area contributed by atoms with E-state index < -0.39 is 0 Å². The maximum Gasteiger partial charge on any atom is 0.410 e. The van der Waals surface area contributed by atoms with Crippen molar-refractivity contribution in [2.45, 2.75) is 31.9 Å². The summed E-state index contributed by atoms with van der Waals surface area (Å²) in [6.07, 6.45) is 3.29. The molecule has 1 N–H and O–H groups in total. The standard InChI is InChI=1S/C18H23N3O3/c22-13-12-21-17(6-9-19-21)16-7-10-20(11-8-16)18(23)24-14-15-4-2-1-3-5-15/h1-6,9,16,22H,7-8,10-14H2. The lowest BCUT2D eigenvalue weighted by Gasteiger charge is -2.31. The fraction of sp³-hybridized carbons (Fsp3) is 0.444. The number of hydrogen-bond acceptors (Lipinski definition) is 4. The van der Waals surface area contributed by atoms with Crippen LogP contribution in [0.1, 0.15) is 30.0 Å². The van der Waals surface area contributed by atoms with Gasteiger partial charge in [0.15, 0.2) is 0 Å². The molecule has 1 saturated heterocycles. The van der Waals surface area contributed by atoms with Crippen LogP contribution in [-0.2, 0) is 17.9 Å². The van der Waals surface area contributed by atoms with Crippen LogP contribution in [0.4, 0.5) is 4.79 Å². The van der Waals surface area contributed by atoms with Crippen molar-refractivity contribution in [3.05, 3.63) is 53.9 Å². The number of ether oxygens (including phenoxy) is 1. The van der Waals surface area contributed by atoms with Crippen LogP contribution >= 0.6 is 0 Å². The van der Waals surface area contributed by atoms with Crippen LogP contribution in [0.5, 0.6) is 0 Å². The predicted molar refractivity (Wildman–Crippen MR) is 89.5 cm³/mol. The number of aromatic nitrogens is 2. The molecule has 128 valence electrons. The van der Waals surface area contributed by atoms with Gasteiger partial charge in [0.2, 0.25) is 0 Å². The molecule has 6 heteroatoms. The lowest BCUT2D eigenvalue weighted by atomic mass is 9.93. The highest BCUT2D eigenvalue weighted by Gasteiger charge is 2.26. The van der Waals surface area contributed by atoms with E-state index in [0.717, 1.165) is 24.1 Å². The second-order valence-electron chi connectivity index (χ2n) is 6.00. The summed E-state index contributed by atoms with van der Waals surface area (Å²) in [4.78, 5) is 14.0. The molecule has 6 nitrogen and oxygen atoms in total. The van der Waals surface area contributed by atoms with E-state index in [-0.39, 0.29) is 12.7 Å². The van der Waals surface area contributed by atoms with Crippen LogP contribution in [0.25, 0.3) is 0 Å². The summed E-state index contributed by atoms with van der Waals surface area (Å²) in [6, 6.07) is 11.7. The highest BCUT2D eigenvalue weighted by atomic mass is 16.6. The third kappa shape index (κ3) is 3.94. The quantitative estimate of drug-likeness (QED) is 0.914. The maximum absolute atomic E-state index is 12.2. The molecular formula is C18H23N3O3. The number of rotatable bonds is 5. The lowest BCUT2D eigenvalue weighted by Crippen LogP contribution is -2.38. The third-order valence-electron chi connectivity index (χ3n) is 4.44. The summed E-state index contributed by atoms with van der Waals surface area (Å²) in [7, 11) is 0. The molecule has 0 bridgehead atoms. The first kappa shape index (κ1) is 16.5. The Morgan fingerprint density at radius 1 is 1.21 bits per heavy atom. The maximum atomic E-state index is 12.2. The van der Waals surface area contributed by atoms with Gasteiger partial charge < -0.3 is 14.7 Å². The number of aliphatic hydroxyl groups excluding tert-OH is 1. The second-order valence-corrected chi connectivity index (χ2v) is 6.00. The van der Waals surface area contributed by atoms with E-state index in [4.69, 9.17) is 9.84 Å². The van der Waals surface area contributed by atoms with Crippen LogP contribution in [0.2, 0.25) is 0 Å². The number of carbonyl (C=O) groups is 1. The lowest BCUT2D eigenvalue weighted by molar-refractivity contribution is 0.0865. The fourth-order valence-electron chi connectivity index (χ4n) is 3.14. The molecule has 24 heavy (non-hydrogen) atoms. The summed E-state index contributed by atoms with van der Waals surface area (Å²) in [5.74, 6) is 0.372. The SMILES string of the molecule is O=C(OCc1ccccc1)N1CCC(c2ccnn2CCO)CC1. The van der Waals surface area contributed by atoms with Crippen molar-refractivity contribution in [2.24, 2.45) is 0 Å². The molecule has 0 aliphatic carbocycles. The van der Waals surface area contributed by atoms with Gasteiger partial charge in [-0.25, -0.2) is 4.79 Å². The Balaban J connectivity index is 1.49. The fourth-order valence-corrected chi connectivity index (χ4v) is 3.14. The smallest absolute Gasteiger partial charge is 0.410 e. The minimum atomic E-state index is -0.249. The number of carbonyl (C=O) groups excluding carboxylic acids is 1. The average molecular weight is 329 g/mol. The minimum absolute atomic E-state index is 0.0827. The van der Waals surface area contributed by atoms with E-state index in [2.05, 4.69) is 5.10 Å². The van der Waals surface area contributed by atoms with Crippen LogP contribution < -0.4 is 0 Å². The van der Waals surface area contributed by atoms with Crippen LogP contribution in [0.3, 0.4) is 0 Å². The Morgan fingerprint density at radius 2 is 1.96 bits per heavy atom. The Kier molecular flexibility index (Phi) is 5.48. The molecule has 1 aliphatic rings. The molecular weight excluding hydrogens is 306 g/mol. The number of amides is 1. The Hall–Kier alpha value is -2.34. The van der Waals surface area contributed by atoms with Gasteiger partial charge in [0.1, 0.15) is 6.61 Å². The zero-order valence-electron chi connectivity index (χ0n) is 13.7. The number of piperidine rings is 1. The Bertz CT molecular complexity index is 649. The van der Waals surface area contributed by atoms with Gasteiger partial charge in [-0.3, -0.25) is 4.68 Å². The van der Waals surface area contributed by atoms with Gasteiger partial charge in [0, 0.05) is 30.9 Å². The summed E-state index contributed by atoms with van der Waals surface area (Å²) in [6.45, 7) is 2.27. The van der Waals surface area contributed by atoms with Crippen molar-refractivity contribution in [2.75, 3.05) is 19.7 Å². The number of nitrogens with zero attached hydrogens (tertiary/aromatic N) is 3. The number of hydrogen-bond donors (Lipinski definition) is 1. The molecule has 1 aromatic carbocycles. The summed E-state index contributed by atoms with van der Waals surface area (Å²) in [5, 5.41) is 13.3. The molecule has 0 atom stereocenters. The minimum Gasteiger partial charge on any atom is -0.445 e. The van der Waals surface area contributed by atoms with Crippen molar-refractivity contribution in [3.63, 3.8) is 0 Å². The van der Waals surface area contributed by atoms with Gasteiger partial charge in [0.25, 0.3) is 0 Å². The van der Waals surface area contributed by atoms with E-state index in [0.29, 0.717) is 32.2 Å². The van der Waals surface area contributed by atoms with Gasteiger partial charge >= 0.3 is 6.09 Å². The van der Waals surface area contributed by atoms with Gasteiger partial charge in [-0.05, 0) is 24.5 Å². The molecule has 2 heterocycles. The molecule has 1 amide bonds. The first-order valence-electron chi connectivity index (χ1n) is 8.36. The van der Waals surface area contributed by atoms with Crippen molar-refractivity contribution >= 4 is 6.09 Å². The van der Waals surface area contributed by atoms with Crippen molar-refractivity contribution in [1.82, 2.24) is 14.7 Å². The molecule has 1 aromatic heterocycles. The van der Waals surface area contributed by atoms with E-state index in [1.165, 1.54) is 0 Å². The van der Waals surface area contributed by atoms with E-state index in [1.807, 2.05) is 41.1 Å². The van der Waals surface area contributed by atoms with Gasteiger partial charge in [0.05, 0.1) is 13.2 Å². The zero-order valence-corrected chi connectivity index (χ0v) is 13.7. The largest absolute Gasteiger partial charge is 0.445 e. The highest BCUT2D eigenvalue weighted by molar-refractivity contribution is 5.67. The number of benzene rings is 1. The summed E-state index contributed by atoms with van der Waals surface area (Å²) >= 11 is 0. The number of aliphatic hydroxyl groups is 1. The Morgan fingerprint density at radius 3 is 2.67 bits per heavy atom. The molecule has 1 fully saturated rings. The third-order valence-corrected chi connectivity index (χ3v) is 4.44. The van der Waals surface area contributed by atoms with Gasteiger partial charge in [-0.15, -0.1) is 0 Å². The summed E-state index contributed by atoms with van der Waals surface area (Å²) < 4.78 is 7.25. The second kappa shape index (κ2) is 7.97. The predicted octanol–water partition coefficient (Wildman–Crippen LogP) is 2.39. The highest BCUT2D eigenvalue weighted by Crippen LogP contribution is 2.28. The van der Waals surface area contributed by atoms with Crippen molar-refractivity contribution in [3.8, 4) is 0 Å². The number of likely N-dealkylation sites (tertiary alicyclic amines) is 1. The molecule has 0 radical (unpaired) electrons. The van der Waals surface area contributed by atoms with Gasteiger partial charge in [-0.1, -0.05) is 30.3 Å². The van der Waals surface area contributed by atoms with E-state index >= 15 is 0 Å². The normalized spacial score (nSPS) is 15.5. The van der Waals surface area contributed by atoms with Gasteiger partial charge in [-0.2, -0.15) is 5.10 Å². The van der Waals surface area contributed by atoms with Crippen LogP contribution in [0, 0.1) is 0 Å². The molecule has 0 saturated carbocycles. The molecule has 0 spiro atoms. The first-order valence-corrected chi connectivity index (χ1v) is 8.36. The van der Waals surface area contributed by atoms with Crippen molar-refractivity contribution in [1.29, 1.82) is 0 Å². The molecule has 3 rings (SSSR count). The van der Waals surface area contributed by atoms with Crippen LogP contribution in [0.15, 0.2) is 42.6 Å².